The van der Waals surface area contributed by atoms with Crippen LogP contribution in [0.15, 0.2) is 6.20 Å². The van der Waals surface area contributed by atoms with Crippen molar-refractivity contribution in [3.63, 3.8) is 0 Å². The van der Waals surface area contributed by atoms with Gasteiger partial charge in [-0.25, -0.2) is 4.98 Å². The summed E-state index contributed by atoms with van der Waals surface area (Å²) >= 11 is 0. The summed E-state index contributed by atoms with van der Waals surface area (Å²) in [5.74, 6) is 0. The van der Waals surface area contributed by atoms with E-state index in [0.717, 1.165) is 24.5 Å². The molecule has 1 aromatic heterocycles. The predicted molar refractivity (Wildman–Crippen MR) is 37.3 cm³/mol. The fourth-order valence-electron chi connectivity index (χ4n) is 1.09. The molecule has 0 aromatic carbocycles. The van der Waals surface area contributed by atoms with Crippen molar-refractivity contribution in [2.75, 3.05) is 0 Å². The summed E-state index contributed by atoms with van der Waals surface area (Å²) in [5, 5.41) is 11.6. The number of nitrogens with zero attached hydrogens (tertiary/aromatic N) is 3. The lowest BCUT2D eigenvalue weighted by Gasteiger charge is -1.93. The zero-order valence-corrected chi connectivity index (χ0v) is 5.83. The lowest BCUT2D eigenvalue weighted by Crippen LogP contribution is -2.00. The Hall–Kier alpha value is -1.47. The van der Waals surface area contributed by atoms with E-state index in [9.17, 15) is 0 Å². The minimum atomic E-state index is 0.396. The van der Waals surface area contributed by atoms with Crippen LogP contribution in [0.1, 0.15) is 17.1 Å². The molecule has 0 unspecified atom stereocenters. The average Bonchev–Trinajstić information content (AvgIpc) is 2.50. The maximum Gasteiger partial charge on any atom is 0.159 e. The first-order valence-corrected chi connectivity index (χ1v) is 3.36. The molecule has 0 aliphatic carbocycles. The molecule has 1 aliphatic heterocycles. The zero-order chi connectivity index (χ0) is 7.68. The Kier molecular flexibility index (Phi) is 1.30. The molecule has 0 atom stereocenters. The summed E-state index contributed by atoms with van der Waals surface area (Å²) in [5.41, 5.74) is 2.26. The van der Waals surface area contributed by atoms with Gasteiger partial charge in [-0.3, -0.25) is 4.98 Å². The highest BCUT2D eigenvalue weighted by Crippen LogP contribution is 2.08. The Labute approximate surface area is 63.9 Å². The second-order valence-corrected chi connectivity index (χ2v) is 2.36. The monoisotopic (exact) mass is 146 g/mol. The van der Waals surface area contributed by atoms with Crippen LogP contribution in [-0.2, 0) is 13.1 Å². The van der Waals surface area contributed by atoms with Crippen LogP contribution in [0.25, 0.3) is 0 Å². The lowest BCUT2D eigenvalue weighted by atomic mass is 10.3. The van der Waals surface area contributed by atoms with Crippen LogP contribution >= 0.6 is 0 Å². The van der Waals surface area contributed by atoms with Crippen molar-refractivity contribution < 1.29 is 0 Å². The Bertz CT molecular complexity index is 326. The summed E-state index contributed by atoms with van der Waals surface area (Å²) in [7, 11) is 0. The normalized spacial score (nSPS) is 14.1. The van der Waals surface area contributed by atoms with E-state index in [-0.39, 0.29) is 0 Å². The first-order chi connectivity index (χ1) is 5.40. The molecule has 0 fully saturated rings. The number of rotatable bonds is 0. The predicted octanol–water partition coefficient (Wildman–Crippen LogP) is -0.0485. The molecule has 11 heavy (non-hydrogen) atoms. The summed E-state index contributed by atoms with van der Waals surface area (Å²) in [6.07, 6.45) is 1.51. The van der Waals surface area contributed by atoms with Crippen molar-refractivity contribution >= 4 is 0 Å². The summed E-state index contributed by atoms with van der Waals surface area (Å²) in [4.78, 5) is 8.17. The Balaban J connectivity index is 2.51. The number of fused-ring (bicyclic) bond motifs is 1. The summed E-state index contributed by atoms with van der Waals surface area (Å²) in [6, 6.07) is 1.96. The van der Waals surface area contributed by atoms with Crippen molar-refractivity contribution in [1.82, 2.24) is 15.3 Å². The molecule has 0 saturated carbocycles. The van der Waals surface area contributed by atoms with E-state index < -0.39 is 0 Å². The number of nitriles is 1. The molecule has 1 aromatic rings. The third-order valence-electron chi connectivity index (χ3n) is 1.63. The van der Waals surface area contributed by atoms with Crippen molar-refractivity contribution in [3.8, 4) is 6.07 Å². The molecule has 1 aliphatic rings. The van der Waals surface area contributed by atoms with E-state index in [4.69, 9.17) is 5.26 Å². The van der Waals surface area contributed by atoms with Crippen LogP contribution in [0.2, 0.25) is 0 Å². The van der Waals surface area contributed by atoms with Gasteiger partial charge in [-0.15, -0.1) is 0 Å². The first kappa shape index (κ1) is 6.25. The molecule has 2 rings (SSSR count). The fraction of sp³-hybridized carbons (Fsp3) is 0.286. The maximum absolute atomic E-state index is 8.50. The second-order valence-electron chi connectivity index (χ2n) is 2.36. The molecule has 0 radical (unpaired) electrons. The molecule has 0 amide bonds. The molecule has 4 heteroatoms. The quantitative estimate of drug-likeness (QED) is 0.557. The van der Waals surface area contributed by atoms with E-state index in [1.807, 2.05) is 6.07 Å². The van der Waals surface area contributed by atoms with Crippen LogP contribution in [0, 0.1) is 11.3 Å². The highest BCUT2D eigenvalue weighted by atomic mass is 15.0. The van der Waals surface area contributed by atoms with Gasteiger partial charge in [0.25, 0.3) is 0 Å². The van der Waals surface area contributed by atoms with Crippen LogP contribution in [0.3, 0.4) is 0 Å². The molecule has 1 N–H and O–H groups in total. The van der Waals surface area contributed by atoms with Gasteiger partial charge in [-0.1, -0.05) is 0 Å². The largest absolute Gasteiger partial charge is 0.305 e. The van der Waals surface area contributed by atoms with Crippen LogP contribution in [0.4, 0.5) is 0 Å². The summed E-state index contributed by atoms with van der Waals surface area (Å²) < 4.78 is 0. The minimum absolute atomic E-state index is 0.396. The van der Waals surface area contributed by atoms with Crippen LogP contribution < -0.4 is 5.32 Å². The third-order valence-corrected chi connectivity index (χ3v) is 1.63. The molecular weight excluding hydrogens is 140 g/mol. The average molecular weight is 146 g/mol. The minimum Gasteiger partial charge on any atom is -0.305 e. The molecule has 0 saturated heterocycles. The molecule has 2 heterocycles. The van der Waals surface area contributed by atoms with Gasteiger partial charge in [-0.05, 0) is 0 Å². The maximum atomic E-state index is 8.50. The van der Waals surface area contributed by atoms with Crippen molar-refractivity contribution in [2.24, 2.45) is 0 Å². The van der Waals surface area contributed by atoms with Gasteiger partial charge in [0.05, 0.1) is 17.6 Å². The number of nitrogens with one attached hydrogen (secondary N) is 1. The summed E-state index contributed by atoms with van der Waals surface area (Å²) in [6.45, 7) is 1.51. The van der Waals surface area contributed by atoms with E-state index >= 15 is 0 Å². The molecule has 54 valence electrons. The lowest BCUT2D eigenvalue weighted by molar-refractivity contribution is 0.752. The van der Waals surface area contributed by atoms with Gasteiger partial charge in [0.15, 0.2) is 5.69 Å². The van der Waals surface area contributed by atoms with Crippen LogP contribution in [-0.4, -0.2) is 9.97 Å². The smallest absolute Gasteiger partial charge is 0.159 e. The van der Waals surface area contributed by atoms with Gasteiger partial charge in [0, 0.05) is 13.1 Å². The molecule has 0 bridgehead atoms. The Morgan fingerprint density at radius 1 is 1.45 bits per heavy atom. The standard InChI is InChI=1S/C7H6N4/c8-1-5-2-10-6-3-9-4-7(6)11-5/h2,9H,3-4H2. The Morgan fingerprint density at radius 2 is 2.27 bits per heavy atom. The molecule has 0 spiro atoms. The highest BCUT2D eigenvalue weighted by Gasteiger charge is 2.12. The molecule has 4 nitrogen and oxygen atoms in total. The van der Waals surface area contributed by atoms with Gasteiger partial charge >= 0.3 is 0 Å². The topological polar surface area (TPSA) is 61.6 Å². The van der Waals surface area contributed by atoms with E-state index in [1.165, 1.54) is 6.20 Å². The zero-order valence-electron chi connectivity index (χ0n) is 5.83. The van der Waals surface area contributed by atoms with Gasteiger partial charge in [0.2, 0.25) is 0 Å². The van der Waals surface area contributed by atoms with E-state index in [2.05, 4.69) is 15.3 Å². The Morgan fingerprint density at radius 3 is 3.09 bits per heavy atom. The fourth-order valence-corrected chi connectivity index (χ4v) is 1.09. The van der Waals surface area contributed by atoms with Crippen molar-refractivity contribution in [2.45, 2.75) is 13.1 Å². The van der Waals surface area contributed by atoms with Gasteiger partial charge in [0.1, 0.15) is 6.07 Å². The van der Waals surface area contributed by atoms with Gasteiger partial charge < -0.3 is 5.32 Å². The number of aromatic nitrogens is 2. The van der Waals surface area contributed by atoms with Gasteiger partial charge in [-0.2, -0.15) is 5.26 Å². The molecular formula is C7H6N4. The SMILES string of the molecule is N#Cc1cnc2c(n1)CNC2. The first-order valence-electron chi connectivity index (χ1n) is 3.36. The van der Waals surface area contributed by atoms with Crippen molar-refractivity contribution in [1.29, 1.82) is 5.26 Å². The second kappa shape index (κ2) is 2.29. The van der Waals surface area contributed by atoms with Crippen LogP contribution in [0.5, 0.6) is 0 Å². The highest BCUT2D eigenvalue weighted by molar-refractivity contribution is 5.23. The number of hydrogen-bond donors (Lipinski definition) is 1. The van der Waals surface area contributed by atoms with Crippen molar-refractivity contribution in [3.05, 3.63) is 23.3 Å². The van der Waals surface area contributed by atoms with E-state index in [0.29, 0.717) is 5.69 Å². The number of hydrogen-bond acceptors (Lipinski definition) is 4. The van der Waals surface area contributed by atoms with E-state index in [1.54, 1.807) is 0 Å². The third kappa shape index (κ3) is 0.954.